The van der Waals surface area contributed by atoms with E-state index in [9.17, 15) is 19.2 Å². The van der Waals surface area contributed by atoms with Gasteiger partial charge in [0.25, 0.3) is 0 Å². The zero-order valence-electron chi connectivity index (χ0n) is 13.3. The first-order valence-corrected chi connectivity index (χ1v) is 6.15. The monoisotopic (exact) mass is 376 g/mol. The largest absolute Gasteiger partial charge is 1.00 e. The molecule has 25 heavy (non-hydrogen) atoms. The molecule has 0 aliphatic heterocycles. The molecule has 0 unspecified atom stereocenters. The molecule has 5 N–H and O–H groups in total. The van der Waals surface area contributed by atoms with Crippen molar-refractivity contribution in [2.24, 2.45) is 0 Å². The summed E-state index contributed by atoms with van der Waals surface area (Å²) in [6.45, 7) is -2.25. The molecule has 0 rings (SSSR count). The summed E-state index contributed by atoms with van der Waals surface area (Å²) in [5.74, 6) is -4.91. The number of hydrogen-bond donors (Lipinski definition) is 5. The zero-order chi connectivity index (χ0) is 19.3. The minimum Gasteiger partial charge on any atom is -0.565 e. The van der Waals surface area contributed by atoms with Crippen LogP contribution in [0.2, 0.25) is 0 Å². The van der Waals surface area contributed by atoms with E-state index in [4.69, 9.17) is 35.4 Å². The first-order chi connectivity index (χ1) is 10.9. The number of nitrogens with zero attached hydrogens (tertiary/aromatic N) is 2. The van der Waals surface area contributed by atoms with E-state index < -0.39 is 56.2 Å². The Morgan fingerprint density at radius 1 is 0.600 bits per heavy atom. The predicted octanol–water partition coefficient (Wildman–Crippen LogP) is -6.18. The minimum absolute atomic E-state index is 0. The van der Waals surface area contributed by atoms with Crippen LogP contribution in [0.4, 0.5) is 4.79 Å². The Hall–Kier alpha value is -1.93. The van der Waals surface area contributed by atoms with Crippen LogP contribution in [0.3, 0.4) is 0 Å². The van der Waals surface area contributed by atoms with Crippen molar-refractivity contribution in [3.8, 4) is 0 Å². The van der Waals surface area contributed by atoms with E-state index in [0.717, 1.165) is 9.80 Å². The van der Waals surface area contributed by atoms with E-state index in [2.05, 4.69) is 0 Å². The zero-order valence-corrected chi connectivity index (χ0v) is 15.3. The second-order valence-corrected chi connectivity index (χ2v) is 4.26. The maximum Gasteiger partial charge on any atom is 1.00 e. The number of carboxylic acid groups (broad SMARTS) is 6. The third-order valence-electron chi connectivity index (χ3n) is 2.17. The van der Waals surface area contributed by atoms with Crippen molar-refractivity contribution >= 4 is 30.0 Å². The van der Waals surface area contributed by atoms with Crippen LogP contribution < -0.4 is 34.7 Å². The third kappa shape index (κ3) is 24.4. The average Bonchev–Trinajstić information content (AvgIpc) is 2.32. The summed E-state index contributed by atoms with van der Waals surface area (Å²) < 4.78 is 0. The van der Waals surface area contributed by atoms with Crippen LogP contribution in [0, 0.1) is 0 Å². The molecule has 0 radical (unpaired) electrons. The molecule has 0 aromatic carbocycles. The van der Waals surface area contributed by atoms with Gasteiger partial charge in [0.15, 0.2) is 0 Å². The van der Waals surface area contributed by atoms with Gasteiger partial charge in [-0.25, -0.2) is 0 Å². The number of carboxylic acids is 4. The molecule has 0 saturated heterocycles. The van der Waals surface area contributed by atoms with Gasteiger partial charge < -0.3 is 35.4 Å². The quantitative estimate of drug-likeness (QED) is 0.212. The van der Waals surface area contributed by atoms with Gasteiger partial charge in [0.1, 0.15) is 0 Å². The molecule has 0 aliphatic carbocycles. The van der Waals surface area contributed by atoms with Gasteiger partial charge in [0.2, 0.25) is 6.16 Å². The molecule has 0 amide bonds. The molecule has 0 spiro atoms. The van der Waals surface area contributed by atoms with Crippen molar-refractivity contribution in [1.82, 2.24) is 9.80 Å². The fourth-order valence-electron chi connectivity index (χ4n) is 1.48. The standard InChI is InChI=1S/C10H16N2O8.CH2O3.Na/c13-7(14)3-11(4-8(15)16)1-2-12(5-9(17)18)6-10(19)20;2-1(3)4;/h1-6H2,(H,13,14)(H,15,16)(H,17,18)(H,19,20);(H2,2,3,4);/q;;+1/p-1. The molecule has 138 valence electrons. The van der Waals surface area contributed by atoms with Gasteiger partial charge >= 0.3 is 53.4 Å². The smallest absolute Gasteiger partial charge is 0.565 e. The van der Waals surface area contributed by atoms with Gasteiger partial charge in [-0.05, 0) is 0 Å². The van der Waals surface area contributed by atoms with Crippen molar-refractivity contribution in [2.45, 2.75) is 0 Å². The van der Waals surface area contributed by atoms with E-state index in [1.807, 2.05) is 0 Å². The summed E-state index contributed by atoms with van der Waals surface area (Å²) >= 11 is 0. The van der Waals surface area contributed by atoms with Crippen molar-refractivity contribution in [3.05, 3.63) is 0 Å². The Morgan fingerprint density at radius 2 is 0.760 bits per heavy atom. The van der Waals surface area contributed by atoms with E-state index in [1.54, 1.807) is 0 Å². The Labute approximate surface area is 163 Å². The number of rotatable bonds is 11. The topological polar surface area (TPSA) is 216 Å². The third-order valence-corrected chi connectivity index (χ3v) is 2.17. The summed E-state index contributed by atoms with van der Waals surface area (Å²) in [7, 11) is 0. The molecule has 0 saturated carbocycles. The van der Waals surface area contributed by atoms with Gasteiger partial charge in [-0.2, -0.15) is 0 Å². The SMILES string of the molecule is O=C(O)CN(CCN(CC(=O)O)CC(=O)O)CC(=O)O.O=C([O-])O.[Na+]. The van der Waals surface area contributed by atoms with E-state index >= 15 is 0 Å². The average molecular weight is 376 g/mol. The number of aliphatic carboxylic acids is 4. The van der Waals surface area contributed by atoms with E-state index in [0.29, 0.717) is 0 Å². The number of carbonyl (C=O) groups is 5. The van der Waals surface area contributed by atoms with Gasteiger partial charge in [-0.15, -0.1) is 0 Å². The first kappa shape index (κ1) is 27.9. The Kier molecular flexibility index (Phi) is 17.4. The maximum atomic E-state index is 10.6. The molecule has 0 aromatic rings. The van der Waals surface area contributed by atoms with E-state index in [-0.39, 0.29) is 42.6 Å². The summed E-state index contributed by atoms with van der Waals surface area (Å²) in [4.78, 5) is 52.8. The van der Waals surface area contributed by atoms with E-state index in [1.165, 1.54) is 0 Å². The molecule has 0 bridgehead atoms. The van der Waals surface area contributed by atoms with Crippen LogP contribution in [-0.2, 0) is 19.2 Å². The van der Waals surface area contributed by atoms with Crippen LogP contribution in [0.25, 0.3) is 0 Å². The molecule has 0 aromatic heterocycles. The van der Waals surface area contributed by atoms with Crippen molar-refractivity contribution in [2.75, 3.05) is 39.3 Å². The predicted molar refractivity (Wildman–Crippen MR) is 71.4 cm³/mol. The van der Waals surface area contributed by atoms with Crippen LogP contribution in [-0.4, -0.2) is 105 Å². The molecule has 14 heteroatoms. The molecule has 0 heterocycles. The summed E-state index contributed by atoms with van der Waals surface area (Å²) in [5.41, 5.74) is 0. The molecule has 0 fully saturated rings. The Morgan fingerprint density at radius 3 is 0.880 bits per heavy atom. The van der Waals surface area contributed by atoms with Crippen LogP contribution >= 0.6 is 0 Å². The van der Waals surface area contributed by atoms with Gasteiger partial charge in [0, 0.05) is 13.1 Å². The normalized spacial score (nSPS) is 9.52. The fraction of sp³-hybridized carbons (Fsp3) is 0.545. The molecule has 13 nitrogen and oxygen atoms in total. The van der Waals surface area contributed by atoms with Crippen LogP contribution in [0.5, 0.6) is 0 Å². The summed E-state index contributed by atoms with van der Waals surface area (Å²) in [5, 5.41) is 49.8. The van der Waals surface area contributed by atoms with Crippen LogP contribution in [0.1, 0.15) is 0 Å². The van der Waals surface area contributed by atoms with Crippen LogP contribution in [0.15, 0.2) is 0 Å². The molecular weight excluding hydrogens is 359 g/mol. The minimum atomic E-state index is -2.08. The maximum absolute atomic E-state index is 10.6. The van der Waals surface area contributed by atoms with Gasteiger partial charge in [-0.3, -0.25) is 29.0 Å². The molecule has 0 atom stereocenters. The van der Waals surface area contributed by atoms with Gasteiger partial charge in [0.05, 0.1) is 26.2 Å². The summed E-state index contributed by atoms with van der Waals surface area (Å²) in [6, 6.07) is 0. The molecule has 0 aliphatic rings. The Balaban J connectivity index is -0.000000867. The second-order valence-electron chi connectivity index (χ2n) is 4.26. The molecular formula is C11H17N2NaO11. The number of hydrogen-bond acceptors (Lipinski definition) is 8. The van der Waals surface area contributed by atoms with Crippen molar-refractivity contribution in [3.63, 3.8) is 0 Å². The first-order valence-electron chi connectivity index (χ1n) is 6.15. The fourth-order valence-corrected chi connectivity index (χ4v) is 1.48. The van der Waals surface area contributed by atoms with Crippen molar-refractivity contribution in [1.29, 1.82) is 0 Å². The van der Waals surface area contributed by atoms with Crippen molar-refractivity contribution < 1.29 is 84.2 Å². The summed E-state index contributed by atoms with van der Waals surface area (Å²) in [6.07, 6.45) is -2.08. The van der Waals surface area contributed by atoms with Gasteiger partial charge in [-0.1, -0.05) is 0 Å². The Bertz CT molecular complexity index is 399. The second kappa shape index (κ2) is 15.6.